The number of likely N-dealkylation sites (tertiary alicyclic amines) is 1. The van der Waals surface area contributed by atoms with Gasteiger partial charge >= 0.3 is 0 Å². The van der Waals surface area contributed by atoms with Crippen molar-refractivity contribution < 1.29 is 9.59 Å². The summed E-state index contributed by atoms with van der Waals surface area (Å²) < 4.78 is 0. The molecule has 1 saturated heterocycles. The highest BCUT2D eigenvalue weighted by Crippen LogP contribution is 2.37. The van der Waals surface area contributed by atoms with Crippen LogP contribution in [0.25, 0.3) is 11.1 Å². The maximum Gasteiger partial charge on any atom is 0.257 e. The molecule has 1 aromatic heterocycles. The largest absolute Gasteiger partial charge is 0.339 e. The van der Waals surface area contributed by atoms with Gasteiger partial charge in [-0.2, -0.15) is 0 Å². The second-order valence-corrected chi connectivity index (χ2v) is 8.89. The van der Waals surface area contributed by atoms with E-state index in [9.17, 15) is 9.59 Å². The first-order valence-corrected chi connectivity index (χ1v) is 11.2. The van der Waals surface area contributed by atoms with E-state index in [0.29, 0.717) is 22.0 Å². The van der Waals surface area contributed by atoms with Crippen molar-refractivity contribution in [3.8, 4) is 11.1 Å². The second-order valence-electron chi connectivity index (χ2n) is 8.01. The van der Waals surface area contributed by atoms with Crippen LogP contribution in [0, 0.1) is 12.8 Å². The molecule has 0 unspecified atom stereocenters. The van der Waals surface area contributed by atoms with Crippen LogP contribution >= 0.6 is 11.3 Å². The number of anilines is 1. The van der Waals surface area contributed by atoms with Crippen molar-refractivity contribution in [2.75, 3.05) is 18.4 Å². The minimum atomic E-state index is -0.197. The van der Waals surface area contributed by atoms with Gasteiger partial charge in [-0.3, -0.25) is 9.59 Å². The molecule has 0 spiro atoms. The summed E-state index contributed by atoms with van der Waals surface area (Å²) in [5.74, 6) is 0.449. The Kier molecular flexibility index (Phi) is 6.00. The molecule has 2 aromatic carbocycles. The Morgan fingerprint density at radius 2 is 1.67 bits per heavy atom. The summed E-state index contributed by atoms with van der Waals surface area (Å²) in [4.78, 5) is 28.3. The smallest absolute Gasteiger partial charge is 0.257 e. The number of nitrogens with zero attached hydrogens (tertiary/aromatic N) is 1. The third kappa shape index (κ3) is 4.31. The van der Waals surface area contributed by atoms with Crippen molar-refractivity contribution in [1.29, 1.82) is 0 Å². The second kappa shape index (κ2) is 8.84. The first kappa shape index (κ1) is 20.4. The summed E-state index contributed by atoms with van der Waals surface area (Å²) in [5, 5.41) is 5.58. The Morgan fingerprint density at radius 1 is 1.00 bits per heavy atom. The highest BCUT2D eigenvalue weighted by atomic mass is 32.1. The van der Waals surface area contributed by atoms with Crippen molar-refractivity contribution >= 4 is 28.2 Å². The van der Waals surface area contributed by atoms with Gasteiger partial charge in [-0.1, -0.05) is 55.0 Å². The van der Waals surface area contributed by atoms with Gasteiger partial charge in [0, 0.05) is 29.6 Å². The van der Waals surface area contributed by atoms with Gasteiger partial charge in [0.1, 0.15) is 5.00 Å². The van der Waals surface area contributed by atoms with E-state index in [-0.39, 0.29) is 11.8 Å². The number of hydrogen-bond acceptors (Lipinski definition) is 3. The van der Waals surface area contributed by atoms with Crippen molar-refractivity contribution in [3.63, 3.8) is 0 Å². The predicted molar refractivity (Wildman–Crippen MR) is 123 cm³/mol. The Hall–Kier alpha value is -2.92. The van der Waals surface area contributed by atoms with Gasteiger partial charge in [0.2, 0.25) is 0 Å². The first-order valence-electron chi connectivity index (χ1n) is 10.4. The molecule has 0 saturated carbocycles. The summed E-state index contributed by atoms with van der Waals surface area (Å²) >= 11 is 1.41. The molecule has 4 rings (SSSR count). The van der Waals surface area contributed by atoms with E-state index in [1.807, 2.05) is 71.8 Å². The highest BCUT2D eigenvalue weighted by Gasteiger charge is 2.28. The molecular weight excluding hydrogens is 392 g/mol. The van der Waals surface area contributed by atoms with Gasteiger partial charge in [-0.15, -0.1) is 11.3 Å². The summed E-state index contributed by atoms with van der Waals surface area (Å²) in [6.07, 6.45) is 2.03. The van der Waals surface area contributed by atoms with Crippen molar-refractivity contribution in [2.24, 2.45) is 5.92 Å². The molecule has 0 atom stereocenters. The Morgan fingerprint density at radius 3 is 2.33 bits per heavy atom. The Bertz CT molecular complexity index is 1030. The molecule has 0 radical (unpaired) electrons. The molecule has 1 fully saturated rings. The van der Waals surface area contributed by atoms with E-state index in [1.165, 1.54) is 11.3 Å². The van der Waals surface area contributed by atoms with Crippen LogP contribution < -0.4 is 5.32 Å². The van der Waals surface area contributed by atoms with E-state index in [4.69, 9.17) is 0 Å². The molecule has 3 aromatic rings. The fourth-order valence-corrected chi connectivity index (χ4v) is 4.70. The summed E-state index contributed by atoms with van der Waals surface area (Å²) in [5.41, 5.74) is 4.15. The van der Waals surface area contributed by atoms with E-state index in [1.54, 1.807) is 0 Å². The summed E-state index contributed by atoms with van der Waals surface area (Å²) in [6.45, 7) is 5.74. The third-order valence-corrected chi connectivity index (χ3v) is 6.60. The monoisotopic (exact) mass is 418 g/mol. The van der Waals surface area contributed by atoms with Crippen molar-refractivity contribution in [1.82, 2.24) is 4.90 Å². The Balaban J connectivity index is 1.68. The Labute approximate surface area is 181 Å². The number of nitrogens with one attached hydrogen (secondary N) is 1. The van der Waals surface area contributed by atoms with Crippen LogP contribution in [0.1, 0.15) is 46.0 Å². The molecule has 1 aliphatic rings. The van der Waals surface area contributed by atoms with Crippen LogP contribution in [-0.4, -0.2) is 29.8 Å². The molecule has 0 aliphatic carbocycles. The normalized spacial score (nSPS) is 14.5. The van der Waals surface area contributed by atoms with E-state index in [2.05, 4.69) is 12.2 Å². The fourth-order valence-electron chi connectivity index (χ4n) is 3.74. The van der Waals surface area contributed by atoms with E-state index < -0.39 is 0 Å². The minimum Gasteiger partial charge on any atom is -0.339 e. The van der Waals surface area contributed by atoms with Gasteiger partial charge in [-0.25, -0.2) is 0 Å². The quantitative estimate of drug-likeness (QED) is 0.578. The number of aryl methyl sites for hydroxylation is 1. The number of carbonyl (C=O) groups excluding carboxylic acids is 2. The van der Waals surface area contributed by atoms with Crippen LogP contribution in [0.4, 0.5) is 5.00 Å². The number of hydrogen-bond donors (Lipinski definition) is 1. The standard InChI is InChI=1S/C25H26N2O2S/c1-17-8-10-20(11-9-17)23(28)26-24-22(25(29)27-14-12-18(2)13-15-27)21(16-30-24)19-6-4-3-5-7-19/h3-11,16,18H,12-15H2,1-2H3,(H,26,28). The zero-order valence-corrected chi connectivity index (χ0v) is 18.2. The molecule has 5 heteroatoms. The fraction of sp³-hybridized carbons (Fsp3) is 0.280. The number of amides is 2. The van der Waals surface area contributed by atoms with E-state index in [0.717, 1.165) is 42.6 Å². The molecule has 1 aliphatic heterocycles. The predicted octanol–water partition coefficient (Wildman–Crippen LogP) is 5.85. The molecule has 154 valence electrons. The topological polar surface area (TPSA) is 49.4 Å². The van der Waals surface area contributed by atoms with Crippen LogP contribution in [-0.2, 0) is 0 Å². The first-order chi connectivity index (χ1) is 14.5. The number of piperidine rings is 1. The van der Waals surface area contributed by atoms with Crippen LogP contribution in [0.15, 0.2) is 60.0 Å². The molecule has 1 N–H and O–H groups in total. The average Bonchev–Trinajstić information content (AvgIpc) is 3.18. The maximum atomic E-state index is 13.5. The molecular formula is C25H26N2O2S. The number of thiophene rings is 1. The minimum absolute atomic E-state index is 0.00112. The lowest BCUT2D eigenvalue weighted by atomic mass is 9.97. The van der Waals surface area contributed by atoms with E-state index >= 15 is 0 Å². The van der Waals surface area contributed by atoms with Gasteiger partial charge in [0.15, 0.2) is 0 Å². The maximum absolute atomic E-state index is 13.5. The average molecular weight is 419 g/mol. The lowest BCUT2D eigenvalue weighted by Gasteiger charge is -2.30. The van der Waals surface area contributed by atoms with Crippen molar-refractivity contribution in [2.45, 2.75) is 26.7 Å². The van der Waals surface area contributed by atoms with Crippen molar-refractivity contribution in [3.05, 3.63) is 76.7 Å². The van der Waals surface area contributed by atoms with Gasteiger partial charge < -0.3 is 10.2 Å². The summed E-state index contributed by atoms with van der Waals surface area (Å²) in [6, 6.07) is 17.4. The number of benzene rings is 2. The van der Waals surface area contributed by atoms with Crippen LogP contribution in [0.3, 0.4) is 0 Å². The molecule has 30 heavy (non-hydrogen) atoms. The highest BCUT2D eigenvalue weighted by molar-refractivity contribution is 7.15. The van der Waals surface area contributed by atoms with Gasteiger partial charge in [-0.05, 0) is 43.4 Å². The molecule has 2 heterocycles. The van der Waals surface area contributed by atoms with Gasteiger partial charge in [0.05, 0.1) is 5.56 Å². The third-order valence-electron chi connectivity index (χ3n) is 5.70. The van der Waals surface area contributed by atoms with Crippen LogP contribution in [0.2, 0.25) is 0 Å². The van der Waals surface area contributed by atoms with Gasteiger partial charge in [0.25, 0.3) is 11.8 Å². The lowest BCUT2D eigenvalue weighted by molar-refractivity contribution is 0.0699. The molecule has 0 bridgehead atoms. The lowest BCUT2D eigenvalue weighted by Crippen LogP contribution is -2.38. The number of carbonyl (C=O) groups is 2. The van der Waals surface area contributed by atoms with Crippen LogP contribution in [0.5, 0.6) is 0 Å². The molecule has 4 nitrogen and oxygen atoms in total. The zero-order chi connectivity index (χ0) is 21.1. The SMILES string of the molecule is Cc1ccc(C(=O)Nc2scc(-c3ccccc3)c2C(=O)N2CCC(C)CC2)cc1. The summed E-state index contributed by atoms with van der Waals surface area (Å²) in [7, 11) is 0. The molecule has 2 amide bonds. The number of rotatable bonds is 4. The zero-order valence-electron chi connectivity index (χ0n) is 17.4.